The highest BCUT2D eigenvalue weighted by atomic mass is 79.9. The quantitative estimate of drug-likeness (QED) is 0.400. The van der Waals surface area contributed by atoms with Gasteiger partial charge in [0.15, 0.2) is 5.11 Å². The van der Waals surface area contributed by atoms with Crippen LogP contribution in [0.1, 0.15) is 10.4 Å². The molecule has 144 valence electrons. The molecular weight excluding hydrogens is 474 g/mol. The van der Waals surface area contributed by atoms with E-state index < -0.39 is 0 Å². The molecule has 0 atom stereocenters. The largest absolute Gasteiger partial charge is 0.331 e. The number of carbonyl (C=O) groups excluding carboxylic acids is 1. The lowest BCUT2D eigenvalue weighted by Crippen LogP contribution is -2.34. The summed E-state index contributed by atoms with van der Waals surface area (Å²) in [6.45, 7) is 0. The Balaban J connectivity index is 1.52. The van der Waals surface area contributed by atoms with Gasteiger partial charge < -0.3 is 5.32 Å². The number of nitrogens with one attached hydrogen (secondary N) is 2. The molecule has 6 nitrogen and oxygen atoms in total. The van der Waals surface area contributed by atoms with E-state index in [0.717, 1.165) is 10.2 Å². The number of carbonyl (C=O) groups is 1. The van der Waals surface area contributed by atoms with E-state index in [1.54, 1.807) is 41.2 Å². The van der Waals surface area contributed by atoms with Crippen LogP contribution in [-0.2, 0) is 0 Å². The lowest BCUT2D eigenvalue weighted by Gasteiger charge is -2.11. The van der Waals surface area contributed by atoms with Crippen LogP contribution in [0.3, 0.4) is 0 Å². The number of aromatic nitrogens is 3. The van der Waals surface area contributed by atoms with E-state index in [9.17, 15) is 4.79 Å². The zero-order chi connectivity index (χ0) is 20.4. The summed E-state index contributed by atoms with van der Waals surface area (Å²) >= 11 is 14.9. The SMILES string of the molecule is O=C(NC(=S)Nc1cc2nn(-c3ccccc3)nc2cc1Cl)c1ccc(Br)cc1. The first-order valence-electron chi connectivity index (χ1n) is 8.49. The second kappa shape index (κ2) is 8.28. The molecule has 0 spiro atoms. The second-order valence-electron chi connectivity index (χ2n) is 6.06. The summed E-state index contributed by atoms with van der Waals surface area (Å²) in [5, 5.41) is 15.1. The number of fused-ring (bicyclic) bond motifs is 1. The Labute approximate surface area is 185 Å². The van der Waals surface area contributed by atoms with Crippen LogP contribution in [0.5, 0.6) is 0 Å². The normalized spacial score (nSPS) is 10.7. The number of amides is 1. The van der Waals surface area contributed by atoms with Crippen LogP contribution in [0.25, 0.3) is 16.7 Å². The van der Waals surface area contributed by atoms with Crippen molar-refractivity contribution in [1.82, 2.24) is 20.3 Å². The number of rotatable bonds is 3. The van der Waals surface area contributed by atoms with E-state index in [1.807, 2.05) is 30.3 Å². The van der Waals surface area contributed by atoms with Crippen molar-refractivity contribution in [2.45, 2.75) is 0 Å². The highest BCUT2D eigenvalue weighted by Crippen LogP contribution is 2.27. The van der Waals surface area contributed by atoms with Crippen molar-refractivity contribution in [1.29, 1.82) is 0 Å². The summed E-state index contributed by atoms with van der Waals surface area (Å²) in [7, 11) is 0. The van der Waals surface area contributed by atoms with E-state index in [2.05, 4.69) is 36.8 Å². The summed E-state index contributed by atoms with van der Waals surface area (Å²) in [4.78, 5) is 13.8. The molecule has 0 fully saturated rings. The number of thiocarbonyl (C=S) groups is 1. The third-order valence-corrected chi connectivity index (χ3v) is 5.08. The molecule has 29 heavy (non-hydrogen) atoms. The Morgan fingerprint density at radius 2 is 1.66 bits per heavy atom. The van der Waals surface area contributed by atoms with Crippen molar-refractivity contribution in [2.24, 2.45) is 0 Å². The molecule has 4 aromatic rings. The predicted molar refractivity (Wildman–Crippen MR) is 122 cm³/mol. The maximum Gasteiger partial charge on any atom is 0.257 e. The number of hydrogen-bond donors (Lipinski definition) is 2. The van der Waals surface area contributed by atoms with Crippen LogP contribution in [-0.4, -0.2) is 26.0 Å². The molecule has 0 radical (unpaired) electrons. The molecule has 0 saturated heterocycles. The Hall–Kier alpha value is -2.81. The second-order valence-corrected chi connectivity index (χ2v) is 7.79. The highest BCUT2D eigenvalue weighted by molar-refractivity contribution is 9.10. The van der Waals surface area contributed by atoms with Gasteiger partial charge in [0.1, 0.15) is 11.0 Å². The zero-order valence-corrected chi connectivity index (χ0v) is 17.9. The molecule has 2 N–H and O–H groups in total. The minimum atomic E-state index is -0.317. The molecule has 0 aliphatic heterocycles. The van der Waals surface area contributed by atoms with Crippen LogP contribution in [0.15, 0.2) is 71.2 Å². The Bertz CT molecular complexity index is 1210. The Kier molecular flexibility index (Phi) is 5.57. The summed E-state index contributed by atoms with van der Waals surface area (Å²) in [6.07, 6.45) is 0. The fourth-order valence-corrected chi connectivity index (χ4v) is 3.31. The Morgan fingerprint density at radius 3 is 2.34 bits per heavy atom. The first-order valence-corrected chi connectivity index (χ1v) is 10.1. The van der Waals surface area contributed by atoms with Crippen LogP contribution in [0.2, 0.25) is 5.02 Å². The maximum absolute atomic E-state index is 12.3. The standard InChI is InChI=1S/C20H13BrClN5OS/c21-13-8-6-12(7-9-13)19(28)24-20(29)23-16-11-18-17(10-15(16)22)25-27(26-18)14-4-2-1-3-5-14/h1-11H,(H2,23,24,28,29). The van der Waals surface area contributed by atoms with Gasteiger partial charge in [0.05, 0.1) is 16.4 Å². The van der Waals surface area contributed by atoms with Gasteiger partial charge in [-0.05, 0) is 60.7 Å². The number of nitrogens with zero attached hydrogens (tertiary/aromatic N) is 3. The van der Waals surface area contributed by atoms with Crippen LogP contribution >= 0.6 is 39.7 Å². The fraction of sp³-hybridized carbons (Fsp3) is 0. The summed E-state index contributed by atoms with van der Waals surface area (Å²) in [5.41, 5.74) is 3.15. The van der Waals surface area contributed by atoms with Gasteiger partial charge in [-0.3, -0.25) is 10.1 Å². The molecule has 0 unspecified atom stereocenters. The topological polar surface area (TPSA) is 71.8 Å². The van der Waals surface area contributed by atoms with Gasteiger partial charge >= 0.3 is 0 Å². The molecule has 0 aliphatic carbocycles. The molecule has 3 aromatic carbocycles. The third kappa shape index (κ3) is 4.45. The molecule has 0 bridgehead atoms. The molecule has 1 aromatic heterocycles. The number of halogens is 2. The first kappa shape index (κ1) is 19.5. The zero-order valence-electron chi connectivity index (χ0n) is 14.8. The van der Waals surface area contributed by atoms with Crippen molar-refractivity contribution in [3.05, 3.63) is 81.8 Å². The number of para-hydroxylation sites is 1. The minimum Gasteiger partial charge on any atom is -0.331 e. The van der Waals surface area contributed by atoms with Gasteiger partial charge in [0.25, 0.3) is 5.91 Å². The molecule has 1 amide bonds. The smallest absolute Gasteiger partial charge is 0.257 e. The van der Waals surface area contributed by atoms with Crippen molar-refractivity contribution in [3.8, 4) is 5.69 Å². The van der Waals surface area contributed by atoms with Crippen molar-refractivity contribution >= 4 is 67.5 Å². The summed E-state index contributed by atoms with van der Waals surface area (Å²) in [6, 6.07) is 20.0. The van der Waals surface area contributed by atoms with Gasteiger partial charge in [-0.25, -0.2) is 0 Å². The number of hydrogen-bond acceptors (Lipinski definition) is 4. The van der Waals surface area contributed by atoms with E-state index in [4.69, 9.17) is 23.8 Å². The maximum atomic E-state index is 12.3. The van der Waals surface area contributed by atoms with Crippen molar-refractivity contribution in [3.63, 3.8) is 0 Å². The first-order chi connectivity index (χ1) is 14.0. The monoisotopic (exact) mass is 485 g/mol. The highest BCUT2D eigenvalue weighted by Gasteiger charge is 2.12. The van der Waals surface area contributed by atoms with E-state index in [-0.39, 0.29) is 11.0 Å². The average molecular weight is 487 g/mol. The van der Waals surface area contributed by atoms with E-state index >= 15 is 0 Å². The molecule has 0 saturated carbocycles. The number of anilines is 1. The van der Waals surface area contributed by atoms with Crippen LogP contribution in [0, 0.1) is 0 Å². The lowest BCUT2D eigenvalue weighted by molar-refractivity contribution is 0.0977. The molecule has 9 heteroatoms. The van der Waals surface area contributed by atoms with E-state index in [1.165, 1.54) is 0 Å². The van der Waals surface area contributed by atoms with Crippen LogP contribution < -0.4 is 10.6 Å². The molecule has 4 rings (SSSR count). The van der Waals surface area contributed by atoms with Gasteiger partial charge in [0, 0.05) is 10.0 Å². The molecule has 1 heterocycles. The van der Waals surface area contributed by atoms with Gasteiger partial charge in [0.2, 0.25) is 0 Å². The van der Waals surface area contributed by atoms with Gasteiger partial charge in [-0.15, -0.1) is 10.2 Å². The summed E-state index contributed by atoms with van der Waals surface area (Å²) in [5.74, 6) is -0.317. The lowest BCUT2D eigenvalue weighted by atomic mass is 10.2. The third-order valence-electron chi connectivity index (χ3n) is 4.04. The van der Waals surface area contributed by atoms with Crippen molar-refractivity contribution < 1.29 is 4.79 Å². The molecule has 0 aliphatic rings. The Morgan fingerprint density at radius 1 is 1.00 bits per heavy atom. The van der Waals surface area contributed by atoms with Gasteiger partial charge in [-0.2, -0.15) is 4.80 Å². The summed E-state index contributed by atoms with van der Waals surface area (Å²) < 4.78 is 0.887. The van der Waals surface area contributed by atoms with Gasteiger partial charge in [-0.1, -0.05) is 45.7 Å². The minimum absolute atomic E-state index is 0.134. The number of benzene rings is 3. The van der Waals surface area contributed by atoms with E-state index in [0.29, 0.717) is 27.3 Å². The molecular formula is C20H13BrClN5OS. The predicted octanol–water partition coefficient (Wildman–Crippen LogP) is 4.96. The average Bonchev–Trinajstić information content (AvgIpc) is 3.12. The van der Waals surface area contributed by atoms with Crippen LogP contribution in [0.4, 0.5) is 5.69 Å². The fourth-order valence-electron chi connectivity index (χ4n) is 2.64. The van der Waals surface area contributed by atoms with Crippen molar-refractivity contribution in [2.75, 3.05) is 5.32 Å².